The number of methoxy groups -OCH3 is 1. The standard InChI is InChI=1S/C19H20O4/c1-6-14(9-10-16(8-3)22-5)17-12-23-18(11-15(20)7-2)13(4)19(17)21/h6-12,20H,1-3H2,4-5H3/b14-9+,15-11+,16-10+. The smallest absolute Gasteiger partial charge is 0.196 e. The van der Waals surface area contributed by atoms with Crippen molar-refractivity contribution in [2.45, 2.75) is 6.92 Å². The molecule has 0 radical (unpaired) electrons. The number of ether oxygens (including phenoxy) is 1. The quantitative estimate of drug-likeness (QED) is 0.602. The summed E-state index contributed by atoms with van der Waals surface area (Å²) in [6, 6.07) is 0. The lowest BCUT2D eigenvalue weighted by Gasteiger charge is -2.05. The van der Waals surface area contributed by atoms with Gasteiger partial charge in [0.1, 0.15) is 23.5 Å². The van der Waals surface area contributed by atoms with Crippen LogP contribution in [0.2, 0.25) is 0 Å². The Morgan fingerprint density at radius 3 is 2.43 bits per heavy atom. The summed E-state index contributed by atoms with van der Waals surface area (Å²) in [4.78, 5) is 12.5. The van der Waals surface area contributed by atoms with Crippen LogP contribution in [0.25, 0.3) is 11.6 Å². The number of hydrogen-bond donors (Lipinski definition) is 1. The molecule has 1 N–H and O–H groups in total. The Kier molecular flexibility index (Phi) is 6.62. The first kappa shape index (κ1) is 18.0. The molecule has 0 spiro atoms. The molecular formula is C19H20O4. The molecule has 23 heavy (non-hydrogen) atoms. The minimum absolute atomic E-state index is 0.0814. The van der Waals surface area contributed by atoms with Crippen LogP contribution in [-0.2, 0) is 4.74 Å². The predicted molar refractivity (Wildman–Crippen MR) is 94.0 cm³/mol. The summed E-state index contributed by atoms with van der Waals surface area (Å²) in [7, 11) is 1.53. The third-order valence-electron chi connectivity index (χ3n) is 3.14. The molecule has 0 aliphatic rings. The Hall–Kier alpha value is -3.01. The molecule has 0 saturated carbocycles. The van der Waals surface area contributed by atoms with Gasteiger partial charge in [-0.25, -0.2) is 0 Å². The molecule has 0 aliphatic carbocycles. The fraction of sp³-hybridized carbons (Fsp3) is 0.105. The average molecular weight is 312 g/mol. The van der Waals surface area contributed by atoms with E-state index in [1.807, 2.05) is 0 Å². The van der Waals surface area contributed by atoms with Gasteiger partial charge in [-0.15, -0.1) is 0 Å². The van der Waals surface area contributed by atoms with E-state index in [-0.39, 0.29) is 16.9 Å². The molecule has 4 nitrogen and oxygen atoms in total. The monoisotopic (exact) mass is 312 g/mol. The summed E-state index contributed by atoms with van der Waals surface area (Å²) in [5.41, 5.74) is 1.12. The zero-order chi connectivity index (χ0) is 17.4. The van der Waals surface area contributed by atoms with Crippen LogP contribution in [0.5, 0.6) is 0 Å². The van der Waals surface area contributed by atoms with E-state index >= 15 is 0 Å². The van der Waals surface area contributed by atoms with Crippen molar-refractivity contribution in [1.82, 2.24) is 0 Å². The second kappa shape index (κ2) is 8.44. The van der Waals surface area contributed by atoms with Crippen molar-refractivity contribution in [3.8, 4) is 0 Å². The van der Waals surface area contributed by atoms with Crippen LogP contribution in [0.1, 0.15) is 16.9 Å². The SMILES string of the molecule is C=C/C(O)=C\c1occ(/C(C=C)=C/C=C(\C=C)OC)c(=O)c1C. The van der Waals surface area contributed by atoms with Gasteiger partial charge >= 0.3 is 0 Å². The Labute approximate surface area is 135 Å². The molecule has 0 bridgehead atoms. The molecule has 0 saturated heterocycles. The van der Waals surface area contributed by atoms with Gasteiger partial charge in [0, 0.05) is 11.6 Å². The maximum absolute atomic E-state index is 12.5. The lowest BCUT2D eigenvalue weighted by Crippen LogP contribution is -2.12. The lowest BCUT2D eigenvalue weighted by atomic mass is 10.0. The van der Waals surface area contributed by atoms with E-state index in [4.69, 9.17) is 9.15 Å². The normalized spacial score (nSPS) is 12.7. The van der Waals surface area contributed by atoms with Gasteiger partial charge in [-0.3, -0.25) is 4.79 Å². The maximum atomic E-state index is 12.5. The van der Waals surface area contributed by atoms with Crippen LogP contribution >= 0.6 is 0 Å². The summed E-state index contributed by atoms with van der Waals surface area (Å²) in [6.07, 6.45) is 10.4. The van der Waals surface area contributed by atoms with Crippen molar-refractivity contribution in [2.75, 3.05) is 7.11 Å². The zero-order valence-electron chi connectivity index (χ0n) is 13.3. The highest BCUT2D eigenvalue weighted by Crippen LogP contribution is 2.17. The average Bonchev–Trinajstić information content (AvgIpc) is 2.57. The number of hydrogen-bond acceptors (Lipinski definition) is 4. The number of rotatable bonds is 7. The second-order valence-corrected chi connectivity index (χ2v) is 4.54. The van der Waals surface area contributed by atoms with Crippen LogP contribution in [-0.4, -0.2) is 12.2 Å². The summed E-state index contributed by atoms with van der Waals surface area (Å²) >= 11 is 0. The summed E-state index contributed by atoms with van der Waals surface area (Å²) < 4.78 is 10.5. The molecule has 1 aromatic rings. The van der Waals surface area contributed by atoms with Crippen molar-refractivity contribution in [2.24, 2.45) is 0 Å². The highest BCUT2D eigenvalue weighted by molar-refractivity contribution is 5.75. The van der Waals surface area contributed by atoms with E-state index in [1.165, 1.54) is 25.5 Å². The van der Waals surface area contributed by atoms with Crippen molar-refractivity contribution >= 4 is 11.6 Å². The van der Waals surface area contributed by atoms with E-state index in [2.05, 4.69) is 19.7 Å². The highest BCUT2D eigenvalue weighted by atomic mass is 16.5. The van der Waals surface area contributed by atoms with Crippen LogP contribution in [0.3, 0.4) is 0 Å². The minimum atomic E-state index is -0.212. The number of aliphatic hydroxyl groups is 1. The van der Waals surface area contributed by atoms with Gasteiger partial charge in [0.05, 0.1) is 12.7 Å². The highest BCUT2D eigenvalue weighted by Gasteiger charge is 2.11. The zero-order valence-corrected chi connectivity index (χ0v) is 13.3. The molecule has 1 aromatic heterocycles. The molecule has 1 heterocycles. The molecule has 4 heteroatoms. The Bertz CT molecular complexity index is 758. The third kappa shape index (κ3) is 4.48. The summed E-state index contributed by atoms with van der Waals surface area (Å²) in [6.45, 7) is 12.4. The second-order valence-electron chi connectivity index (χ2n) is 4.54. The van der Waals surface area contributed by atoms with Crippen LogP contribution < -0.4 is 5.43 Å². The summed E-state index contributed by atoms with van der Waals surface area (Å²) in [5, 5.41) is 9.47. The number of aliphatic hydroxyl groups excluding tert-OH is 1. The van der Waals surface area contributed by atoms with Gasteiger partial charge in [0.15, 0.2) is 5.43 Å². The summed E-state index contributed by atoms with van der Waals surface area (Å²) in [5.74, 6) is 0.752. The molecule has 0 aromatic carbocycles. The first-order valence-corrected chi connectivity index (χ1v) is 6.85. The van der Waals surface area contributed by atoms with E-state index in [9.17, 15) is 9.90 Å². The van der Waals surface area contributed by atoms with Gasteiger partial charge in [-0.2, -0.15) is 0 Å². The van der Waals surface area contributed by atoms with Gasteiger partial charge in [0.25, 0.3) is 0 Å². The van der Waals surface area contributed by atoms with Crippen molar-refractivity contribution in [1.29, 1.82) is 0 Å². The Morgan fingerprint density at radius 2 is 1.91 bits per heavy atom. The van der Waals surface area contributed by atoms with Gasteiger partial charge < -0.3 is 14.3 Å². The van der Waals surface area contributed by atoms with E-state index in [0.717, 1.165) is 0 Å². The van der Waals surface area contributed by atoms with E-state index in [0.29, 0.717) is 22.5 Å². The van der Waals surface area contributed by atoms with Crippen molar-refractivity contribution in [3.05, 3.63) is 95.0 Å². The lowest BCUT2D eigenvalue weighted by molar-refractivity contribution is 0.307. The van der Waals surface area contributed by atoms with Gasteiger partial charge in [0.2, 0.25) is 0 Å². The maximum Gasteiger partial charge on any atom is 0.196 e. The van der Waals surface area contributed by atoms with Crippen molar-refractivity contribution < 1.29 is 14.3 Å². The Balaban J connectivity index is 3.41. The molecule has 0 unspecified atom stereocenters. The topological polar surface area (TPSA) is 59.7 Å². The van der Waals surface area contributed by atoms with Crippen LogP contribution in [0.15, 0.2) is 77.1 Å². The molecule has 0 atom stereocenters. The fourth-order valence-corrected chi connectivity index (χ4v) is 1.77. The van der Waals surface area contributed by atoms with E-state index in [1.54, 1.807) is 31.2 Å². The minimum Gasteiger partial charge on any atom is -0.508 e. The van der Waals surface area contributed by atoms with E-state index < -0.39 is 0 Å². The molecule has 0 amide bonds. The molecule has 1 rings (SSSR count). The van der Waals surface area contributed by atoms with Crippen molar-refractivity contribution in [3.63, 3.8) is 0 Å². The molecule has 0 fully saturated rings. The number of allylic oxidation sites excluding steroid dienone is 6. The van der Waals surface area contributed by atoms with Crippen LogP contribution in [0, 0.1) is 6.92 Å². The molecule has 0 aliphatic heterocycles. The van der Waals surface area contributed by atoms with Crippen LogP contribution in [0.4, 0.5) is 0 Å². The molecule has 120 valence electrons. The largest absolute Gasteiger partial charge is 0.508 e. The predicted octanol–water partition coefficient (Wildman–Crippen LogP) is 4.32. The first-order valence-electron chi connectivity index (χ1n) is 6.85. The van der Waals surface area contributed by atoms with Gasteiger partial charge in [-0.1, -0.05) is 31.9 Å². The third-order valence-corrected chi connectivity index (χ3v) is 3.14. The van der Waals surface area contributed by atoms with Gasteiger partial charge in [-0.05, 0) is 30.7 Å². The fourth-order valence-electron chi connectivity index (χ4n) is 1.77. The Morgan fingerprint density at radius 1 is 1.22 bits per heavy atom. The molecular weight excluding hydrogens is 292 g/mol. The first-order chi connectivity index (χ1) is 11.0.